The largest absolute Gasteiger partial charge is 0.495 e. The lowest BCUT2D eigenvalue weighted by molar-refractivity contribution is -0.114. The second kappa shape index (κ2) is 7.68. The highest BCUT2D eigenvalue weighted by Gasteiger charge is 2.18. The summed E-state index contributed by atoms with van der Waals surface area (Å²) in [5.74, 6) is -0.873. The maximum Gasteiger partial charge on any atom is 0.286 e. The van der Waals surface area contributed by atoms with Crippen LogP contribution >= 0.6 is 0 Å². The van der Waals surface area contributed by atoms with Gasteiger partial charge in [-0.1, -0.05) is 0 Å². The van der Waals surface area contributed by atoms with Gasteiger partial charge in [0.05, 0.1) is 23.9 Å². The van der Waals surface area contributed by atoms with Gasteiger partial charge in [-0.05, 0) is 18.2 Å². The maximum atomic E-state index is 12.3. The van der Waals surface area contributed by atoms with Gasteiger partial charge in [-0.3, -0.25) is 20.0 Å². The summed E-state index contributed by atoms with van der Waals surface area (Å²) < 4.78 is 29.6. The molecule has 0 bridgehead atoms. The minimum Gasteiger partial charge on any atom is -0.495 e. The second-order valence-electron chi connectivity index (χ2n) is 4.69. The first kappa shape index (κ1) is 18.3. The lowest BCUT2D eigenvalue weighted by Gasteiger charge is -2.12. The molecule has 0 unspecified atom stereocenters. The van der Waals surface area contributed by atoms with Gasteiger partial charge in [0, 0.05) is 19.3 Å². The Hall–Kier alpha value is -3.05. The van der Waals surface area contributed by atoms with Gasteiger partial charge in [0.2, 0.25) is 5.91 Å². The molecule has 1 aromatic carbocycles. The van der Waals surface area contributed by atoms with Crippen LogP contribution in [0.15, 0.2) is 41.7 Å². The molecule has 0 atom stereocenters. The van der Waals surface area contributed by atoms with Gasteiger partial charge in [-0.25, -0.2) is 13.4 Å². The van der Waals surface area contributed by atoms with Crippen LogP contribution in [-0.4, -0.2) is 37.3 Å². The molecule has 0 saturated heterocycles. The predicted octanol–water partition coefficient (Wildman–Crippen LogP) is 0.0669. The van der Waals surface area contributed by atoms with E-state index in [0.717, 1.165) is 0 Å². The van der Waals surface area contributed by atoms with Crippen LogP contribution in [0.4, 0.5) is 5.69 Å². The smallest absolute Gasteiger partial charge is 0.286 e. The molecule has 10 nitrogen and oxygen atoms in total. The number of nitrogens with zero attached hydrogens (tertiary/aromatic N) is 2. The third kappa shape index (κ3) is 4.71. The number of aromatic nitrogens is 2. The number of anilines is 1. The number of nitrogens with one attached hydrogen (secondary N) is 3. The van der Waals surface area contributed by atoms with E-state index in [0.29, 0.717) is 0 Å². The summed E-state index contributed by atoms with van der Waals surface area (Å²) in [5.41, 5.74) is 2.15. The molecule has 1 aromatic heterocycles. The summed E-state index contributed by atoms with van der Waals surface area (Å²) in [6, 6.07) is 3.85. The molecule has 25 heavy (non-hydrogen) atoms. The Bertz CT molecular complexity index is 886. The summed E-state index contributed by atoms with van der Waals surface area (Å²) in [6.07, 6.45) is 3.86. The van der Waals surface area contributed by atoms with Crippen molar-refractivity contribution < 1.29 is 22.7 Å². The average molecular weight is 365 g/mol. The van der Waals surface area contributed by atoms with Crippen LogP contribution in [0.2, 0.25) is 0 Å². The molecule has 132 valence electrons. The molecule has 0 aliphatic heterocycles. The second-order valence-corrected chi connectivity index (χ2v) is 6.38. The highest BCUT2D eigenvalue weighted by molar-refractivity contribution is 7.89. The Kier molecular flexibility index (Phi) is 5.62. The number of ether oxygens (including phenoxy) is 1. The van der Waals surface area contributed by atoms with Crippen molar-refractivity contribution in [3.63, 3.8) is 0 Å². The lowest BCUT2D eigenvalue weighted by atomic mass is 10.3. The average Bonchev–Trinajstić information content (AvgIpc) is 2.60. The summed E-state index contributed by atoms with van der Waals surface area (Å²) in [4.78, 5) is 32.2. The quantitative estimate of drug-likeness (QED) is 0.615. The molecule has 1 heterocycles. The minimum atomic E-state index is -4.08. The zero-order chi connectivity index (χ0) is 18.4. The van der Waals surface area contributed by atoms with Gasteiger partial charge < -0.3 is 10.1 Å². The normalized spacial score (nSPS) is 10.8. The van der Waals surface area contributed by atoms with E-state index in [-0.39, 0.29) is 22.0 Å². The van der Waals surface area contributed by atoms with E-state index >= 15 is 0 Å². The van der Waals surface area contributed by atoms with Crippen LogP contribution in [0.3, 0.4) is 0 Å². The van der Waals surface area contributed by atoms with Gasteiger partial charge in [0.25, 0.3) is 15.9 Å². The summed E-state index contributed by atoms with van der Waals surface area (Å²) in [7, 11) is -2.70. The lowest BCUT2D eigenvalue weighted by Crippen LogP contribution is -2.41. The Labute approximate surface area is 143 Å². The van der Waals surface area contributed by atoms with Gasteiger partial charge in [0.15, 0.2) is 0 Å². The Balaban J connectivity index is 2.18. The Morgan fingerprint density at radius 2 is 1.96 bits per heavy atom. The molecule has 2 rings (SSSR count). The van der Waals surface area contributed by atoms with Gasteiger partial charge >= 0.3 is 0 Å². The van der Waals surface area contributed by atoms with Gasteiger partial charge in [0.1, 0.15) is 11.4 Å². The number of methoxy groups -OCH3 is 1. The summed E-state index contributed by atoms with van der Waals surface area (Å²) in [6.45, 7) is 1.28. The summed E-state index contributed by atoms with van der Waals surface area (Å²) >= 11 is 0. The molecule has 0 aliphatic carbocycles. The molecule has 0 saturated carbocycles. The molecule has 11 heteroatoms. The number of rotatable bonds is 6. The molecule has 0 aliphatic rings. The van der Waals surface area contributed by atoms with E-state index in [1.165, 1.54) is 50.8 Å². The SMILES string of the molecule is COc1ccc(S(=O)(=O)NNC(=O)c2cnccn2)cc1NC(C)=O. The standard InChI is InChI=1S/C14H15N5O5S/c1-9(20)17-11-7-10(3-4-13(11)24-2)25(22,23)19-18-14(21)12-8-15-5-6-16-12/h3-8,19H,1-2H3,(H,17,20)(H,18,21). The highest BCUT2D eigenvalue weighted by atomic mass is 32.2. The van der Waals surface area contributed by atoms with Crippen molar-refractivity contribution in [3.8, 4) is 5.75 Å². The topological polar surface area (TPSA) is 139 Å². The predicted molar refractivity (Wildman–Crippen MR) is 87.1 cm³/mol. The van der Waals surface area contributed by atoms with E-state index < -0.39 is 21.8 Å². The fourth-order valence-corrected chi connectivity index (χ4v) is 2.66. The Morgan fingerprint density at radius 1 is 1.20 bits per heavy atom. The van der Waals surface area contributed by atoms with Crippen LogP contribution in [0.1, 0.15) is 17.4 Å². The number of hydrazine groups is 1. The molecular weight excluding hydrogens is 350 g/mol. The molecule has 3 N–H and O–H groups in total. The van der Waals surface area contributed by atoms with E-state index in [9.17, 15) is 18.0 Å². The monoisotopic (exact) mass is 365 g/mol. The van der Waals surface area contributed by atoms with Crippen molar-refractivity contribution in [2.45, 2.75) is 11.8 Å². The van der Waals surface area contributed by atoms with Crippen LogP contribution in [0.25, 0.3) is 0 Å². The zero-order valence-electron chi connectivity index (χ0n) is 13.3. The van der Waals surface area contributed by atoms with Crippen LogP contribution in [0.5, 0.6) is 5.75 Å². The van der Waals surface area contributed by atoms with E-state index in [1.807, 2.05) is 10.3 Å². The number of sulfonamides is 1. The number of hydrogen-bond acceptors (Lipinski definition) is 7. The van der Waals surface area contributed by atoms with Crippen LogP contribution in [-0.2, 0) is 14.8 Å². The molecule has 0 fully saturated rings. The maximum absolute atomic E-state index is 12.3. The fourth-order valence-electron chi connectivity index (χ4n) is 1.79. The van der Waals surface area contributed by atoms with Crippen LogP contribution < -0.4 is 20.3 Å². The Morgan fingerprint density at radius 3 is 2.56 bits per heavy atom. The summed E-state index contributed by atoms with van der Waals surface area (Å²) in [5, 5.41) is 2.47. The van der Waals surface area contributed by atoms with E-state index in [2.05, 4.69) is 15.3 Å². The number of benzene rings is 1. The third-order valence-electron chi connectivity index (χ3n) is 2.89. The highest BCUT2D eigenvalue weighted by Crippen LogP contribution is 2.27. The van der Waals surface area contributed by atoms with E-state index in [1.54, 1.807) is 0 Å². The first-order valence-corrected chi connectivity index (χ1v) is 8.35. The number of amides is 2. The zero-order valence-corrected chi connectivity index (χ0v) is 14.1. The van der Waals surface area contributed by atoms with Crippen LogP contribution in [0, 0.1) is 0 Å². The van der Waals surface area contributed by atoms with Crippen molar-refractivity contribution in [2.75, 3.05) is 12.4 Å². The third-order valence-corrected chi connectivity index (χ3v) is 4.13. The van der Waals surface area contributed by atoms with Gasteiger partial charge in [-0.2, -0.15) is 0 Å². The molecular formula is C14H15N5O5S. The number of carbonyl (C=O) groups is 2. The molecule has 2 amide bonds. The fraction of sp³-hybridized carbons (Fsp3) is 0.143. The van der Waals surface area contributed by atoms with Crippen molar-refractivity contribution in [2.24, 2.45) is 0 Å². The minimum absolute atomic E-state index is 0.0566. The number of carbonyl (C=O) groups excluding carboxylic acids is 2. The van der Waals surface area contributed by atoms with Crippen molar-refractivity contribution in [1.82, 2.24) is 20.2 Å². The van der Waals surface area contributed by atoms with Crippen molar-refractivity contribution in [1.29, 1.82) is 0 Å². The molecule has 2 aromatic rings. The molecule has 0 spiro atoms. The first-order valence-electron chi connectivity index (χ1n) is 6.87. The first-order chi connectivity index (χ1) is 11.8. The van der Waals surface area contributed by atoms with Crippen molar-refractivity contribution >= 4 is 27.5 Å². The molecule has 0 radical (unpaired) electrons. The van der Waals surface area contributed by atoms with Crippen molar-refractivity contribution in [3.05, 3.63) is 42.5 Å². The number of hydrogen-bond donors (Lipinski definition) is 3. The van der Waals surface area contributed by atoms with Gasteiger partial charge in [-0.15, -0.1) is 4.83 Å². The van der Waals surface area contributed by atoms with E-state index in [4.69, 9.17) is 4.74 Å².